The van der Waals surface area contributed by atoms with Crippen LogP contribution >= 0.6 is 0 Å². The lowest BCUT2D eigenvalue weighted by Crippen LogP contribution is -2.03. The van der Waals surface area contributed by atoms with E-state index in [1.165, 1.54) is 11.9 Å². The first-order valence-electron chi connectivity index (χ1n) is 4.81. The van der Waals surface area contributed by atoms with E-state index in [0.29, 0.717) is 5.65 Å². The standard InChI is InChI=1S/C10H13N5/c1-3-7(2)4-12-10-14-8-5-11-6-13-9(8)15-10/h3,5-6H,4H2,1-2H3,(H2,11,12,13,14,15). The maximum absolute atomic E-state index is 4.27. The molecular formula is C10H13N5. The van der Waals surface area contributed by atoms with Gasteiger partial charge in [-0.05, 0) is 13.8 Å². The van der Waals surface area contributed by atoms with E-state index in [0.717, 1.165) is 18.0 Å². The summed E-state index contributed by atoms with van der Waals surface area (Å²) >= 11 is 0. The average Bonchev–Trinajstić information content (AvgIpc) is 2.68. The van der Waals surface area contributed by atoms with Crippen LogP contribution in [0, 0.1) is 0 Å². The van der Waals surface area contributed by atoms with Crippen LogP contribution in [0.2, 0.25) is 0 Å². The Morgan fingerprint density at radius 3 is 3.20 bits per heavy atom. The molecule has 0 atom stereocenters. The Labute approximate surface area is 87.7 Å². The summed E-state index contributed by atoms with van der Waals surface area (Å²) in [4.78, 5) is 15.3. The Kier molecular flexibility index (Phi) is 2.62. The predicted molar refractivity (Wildman–Crippen MR) is 59.6 cm³/mol. The Balaban J connectivity index is 2.15. The predicted octanol–water partition coefficient (Wildman–Crippen LogP) is 1.73. The molecule has 0 saturated heterocycles. The molecule has 0 aliphatic rings. The van der Waals surface area contributed by atoms with E-state index in [-0.39, 0.29) is 0 Å². The Bertz CT molecular complexity index is 452. The second-order valence-electron chi connectivity index (χ2n) is 3.33. The Hall–Kier alpha value is -1.91. The van der Waals surface area contributed by atoms with Gasteiger partial charge in [-0.3, -0.25) is 0 Å². The molecule has 0 radical (unpaired) electrons. The maximum atomic E-state index is 4.27. The van der Waals surface area contributed by atoms with Crippen molar-refractivity contribution in [2.45, 2.75) is 13.8 Å². The van der Waals surface area contributed by atoms with Crippen LogP contribution in [0.4, 0.5) is 5.95 Å². The largest absolute Gasteiger partial charge is 0.352 e. The van der Waals surface area contributed by atoms with Crippen molar-refractivity contribution in [3.05, 3.63) is 24.2 Å². The fourth-order valence-corrected chi connectivity index (χ4v) is 1.17. The summed E-state index contributed by atoms with van der Waals surface area (Å²) in [5, 5.41) is 3.18. The molecule has 0 aliphatic carbocycles. The van der Waals surface area contributed by atoms with Gasteiger partial charge >= 0.3 is 0 Å². The van der Waals surface area contributed by atoms with Crippen LogP contribution in [0.25, 0.3) is 11.2 Å². The molecule has 2 rings (SSSR count). The lowest BCUT2D eigenvalue weighted by atomic mass is 10.3. The lowest BCUT2D eigenvalue weighted by molar-refractivity contribution is 1.14. The molecule has 0 spiro atoms. The van der Waals surface area contributed by atoms with Crippen LogP contribution < -0.4 is 5.32 Å². The van der Waals surface area contributed by atoms with Crippen LogP contribution in [-0.4, -0.2) is 26.5 Å². The number of rotatable bonds is 3. The van der Waals surface area contributed by atoms with E-state index in [1.807, 2.05) is 6.92 Å². The number of imidazole rings is 1. The van der Waals surface area contributed by atoms with Gasteiger partial charge in [0.2, 0.25) is 5.95 Å². The zero-order valence-corrected chi connectivity index (χ0v) is 8.78. The summed E-state index contributed by atoms with van der Waals surface area (Å²) in [5.74, 6) is 0.728. The first kappa shape index (κ1) is 9.64. The lowest BCUT2D eigenvalue weighted by Gasteiger charge is -2.01. The van der Waals surface area contributed by atoms with Gasteiger partial charge in [-0.1, -0.05) is 11.6 Å². The molecule has 0 saturated carbocycles. The second kappa shape index (κ2) is 4.08. The van der Waals surface area contributed by atoms with Gasteiger partial charge in [0.25, 0.3) is 0 Å². The maximum Gasteiger partial charge on any atom is 0.203 e. The number of allylic oxidation sites excluding steroid dienone is 1. The zero-order chi connectivity index (χ0) is 10.7. The van der Waals surface area contributed by atoms with Crippen LogP contribution in [0.1, 0.15) is 13.8 Å². The van der Waals surface area contributed by atoms with E-state index in [9.17, 15) is 0 Å². The average molecular weight is 203 g/mol. The Morgan fingerprint density at radius 2 is 2.47 bits per heavy atom. The molecule has 2 heterocycles. The molecule has 0 unspecified atom stereocenters. The summed E-state index contributed by atoms with van der Waals surface area (Å²) in [6.07, 6.45) is 5.27. The van der Waals surface area contributed by atoms with E-state index in [2.05, 4.69) is 38.3 Å². The topological polar surface area (TPSA) is 66.5 Å². The molecule has 78 valence electrons. The van der Waals surface area contributed by atoms with Crippen LogP contribution in [0.15, 0.2) is 24.2 Å². The number of anilines is 1. The fraction of sp³-hybridized carbons (Fsp3) is 0.300. The highest BCUT2D eigenvalue weighted by atomic mass is 15.1. The highest BCUT2D eigenvalue weighted by Gasteiger charge is 2.01. The number of nitrogens with one attached hydrogen (secondary N) is 2. The third-order valence-electron chi connectivity index (χ3n) is 2.19. The summed E-state index contributed by atoms with van der Waals surface area (Å²) in [6.45, 7) is 4.86. The molecule has 0 amide bonds. The molecule has 2 aromatic heterocycles. The van der Waals surface area contributed by atoms with Crippen molar-refractivity contribution < 1.29 is 0 Å². The van der Waals surface area contributed by atoms with Crippen molar-refractivity contribution in [1.29, 1.82) is 0 Å². The number of H-pyrrole nitrogens is 1. The van der Waals surface area contributed by atoms with Crippen LogP contribution in [-0.2, 0) is 0 Å². The van der Waals surface area contributed by atoms with Gasteiger partial charge in [0, 0.05) is 6.54 Å². The van der Waals surface area contributed by atoms with Crippen molar-refractivity contribution in [3.8, 4) is 0 Å². The number of hydrogen-bond acceptors (Lipinski definition) is 4. The monoisotopic (exact) mass is 203 g/mol. The summed E-state index contributed by atoms with van der Waals surface area (Å²) in [5.41, 5.74) is 2.80. The SMILES string of the molecule is CC=C(C)CNc1nc2ncncc2[nH]1. The molecule has 2 aromatic rings. The van der Waals surface area contributed by atoms with Crippen molar-refractivity contribution >= 4 is 17.1 Å². The van der Waals surface area contributed by atoms with Gasteiger partial charge in [0.05, 0.1) is 6.20 Å². The molecule has 15 heavy (non-hydrogen) atoms. The van der Waals surface area contributed by atoms with Crippen LogP contribution in [0.3, 0.4) is 0 Å². The minimum atomic E-state index is 0.686. The second-order valence-corrected chi connectivity index (χ2v) is 3.33. The van der Waals surface area contributed by atoms with Gasteiger partial charge in [0.15, 0.2) is 5.65 Å². The highest BCUT2D eigenvalue weighted by Crippen LogP contribution is 2.09. The third kappa shape index (κ3) is 2.12. The van der Waals surface area contributed by atoms with Gasteiger partial charge in [-0.2, -0.15) is 4.98 Å². The molecule has 0 aliphatic heterocycles. The molecule has 2 N–H and O–H groups in total. The van der Waals surface area contributed by atoms with Gasteiger partial charge in [-0.25, -0.2) is 9.97 Å². The zero-order valence-electron chi connectivity index (χ0n) is 8.78. The number of fused-ring (bicyclic) bond motifs is 1. The summed E-state index contributed by atoms with van der Waals surface area (Å²) in [6, 6.07) is 0. The molecule has 5 nitrogen and oxygen atoms in total. The molecule has 5 heteroatoms. The van der Waals surface area contributed by atoms with Crippen molar-refractivity contribution in [2.75, 3.05) is 11.9 Å². The van der Waals surface area contributed by atoms with Gasteiger partial charge in [-0.15, -0.1) is 0 Å². The summed E-state index contributed by atoms with van der Waals surface area (Å²) < 4.78 is 0. The number of aromatic nitrogens is 4. The normalized spacial score (nSPS) is 12.0. The smallest absolute Gasteiger partial charge is 0.203 e. The Morgan fingerprint density at radius 1 is 1.60 bits per heavy atom. The van der Waals surface area contributed by atoms with E-state index in [1.54, 1.807) is 6.20 Å². The molecular weight excluding hydrogens is 190 g/mol. The number of nitrogens with zero attached hydrogens (tertiary/aromatic N) is 3. The minimum Gasteiger partial charge on any atom is -0.352 e. The van der Waals surface area contributed by atoms with Gasteiger partial charge < -0.3 is 10.3 Å². The van der Waals surface area contributed by atoms with Gasteiger partial charge in [0.1, 0.15) is 11.8 Å². The molecule has 0 aromatic carbocycles. The molecule has 0 fully saturated rings. The third-order valence-corrected chi connectivity index (χ3v) is 2.19. The van der Waals surface area contributed by atoms with Crippen molar-refractivity contribution in [2.24, 2.45) is 0 Å². The van der Waals surface area contributed by atoms with Crippen molar-refractivity contribution in [3.63, 3.8) is 0 Å². The quantitative estimate of drug-likeness (QED) is 0.745. The first-order valence-corrected chi connectivity index (χ1v) is 4.81. The molecule has 0 bridgehead atoms. The highest BCUT2D eigenvalue weighted by molar-refractivity contribution is 5.71. The fourth-order valence-electron chi connectivity index (χ4n) is 1.17. The van der Waals surface area contributed by atoms with E-state index in [4.69, 9.17) is 0 Å². The van der Waals surface area contributed by atoms with Crippen molar-refractivity contribution in [1.82, 2.24) is 19.9 Å². The number of aromatic amines is 1. The van der Waals surface area contributed by atoms with Crippen LogP contribution in [0.5, 0.6) is 0 Å². The first-order chi connectivity index (χ1) is 7.29. The van der Waals surface area contributed by atoms with E-state index >= 15 is 0 Å². The number of hydrogen-bond donors (Lipinski definition) is 2. The summed E-state index contributed by atoms with van der Waals surface area (Å²) in [7, 11) is 0. The van der Waals surface area contributed by atoms with E-state index < -0.39 is 0 Å². The minimum absolute atomic E-state index is 0.686.